The molecule has 0 saturated carbocycles. The van der Waals surface area contributed by atoms with E-state index in [0.29, 0.717) is 54.0 Å². The number of imide groups is 1. The molecule has 15 heteroatoms. The van der Waals surface area contributed by atoms with Crippen LogP contribution in [0.1, 0.15) is 58.6 Å². The average Bonchev–Trinajstić information content (AvgIpc) is 3.52. The molecule has 5 heterocycles. The number of imidazole rings is 1. The first-order chi connectivity index (χ1) is 24.2. The van der Waals surface area contributed by atoms with Crippen molar-refractivity contribution in [2.75, 3.05) is 28.2 Å². The molecule has 3 N–H and O–H groups in total. The van der Waals surface area contributed by atoms with Gasteiger partial charge in [0.2, 0.25) is 17.8 Å². The van der Waals surface area contributed by atoms with Crippen LogP contribution in [0.4, 0.5) is 23.1 Å². The molecule has 2 saturated heterocycles. The number of carbonyl (C=O) groups is 2. The van der Waals surface area contributed by atoms with E-state index in [1.165, 1.54) is 0 Å². The molecule has 1 unspecified atom stereocenters. The first-order valence-electron chi connectivity index (χ1n) is 17.2. The highest BCUT2D eigenvalue weighted by atomic mass is 35.5. The molecule has 2 aliphatic rings. The Kier molecular flexibility index (Phi) is 8.78. The second-order valence-electron chi connectivity index (χ2n) is 14.5. The van der Waals surface area contributed by atoms with E-state index in [1.807, 2.05) is 36.0 Å². The van der Waals surface area contributed by atoms with Gasteiger partial charge in [0.25, 0.3) is 0 Å². The number of aromatic nitrogens is 6. The van der Waals surface area contributed by atoms with Crippen molar-refractivity contribution in [1.82, 2.24) is 34.2 Å². The second-order valence-corrected chi connectivity index (χ2v) is 14.9. The van der Waals surface area contributed by atoms with Gasteiger partial charge in [-0.25, -0.2) is 9.78 Å². The van der Waals surface area contributed by atoms with Crippen LogP contribution in [-0.2, 0) is 30.2 Å². The number of rotatable bonds is 8. The summed E-state index contributed by atoms with van der Waals surface area (Å²) in [7, 11) is 3.62. The average molecular weight is 715 g/mol. The number of fused-ring (bicyclic) bond motifs is 2. The molecule has 0 bridgehead atoms. The Morgan fingerprint density at radius 2 is 1.76 bits per heavy atom. The highest BCUT2D eigenvalue weighted by Crippen LogP contribution is 2.34. The van der Waals surface area contributed by atoms with Crippen molar-refractivity contribution in [2.24, 2.45) is 14.1 Å². The molecule has 5 aromatic rings. The molecule has 14 nitrogen and oxygen atoms in total. The lowest BCUT2D eigenvalue weighted by Crippen LogP contribution is -2.57. The molecule has 2 fully saturated rings. The maximum Gasteiger partial charge on any atom is 0.328 e. The minimum Gasteiger partial charge on any atom is -0.390 e. The quantitative estimate of drug-likeness (QED) is 0.199. The second kappa shape index (κ2) is 13.0. The Bertz CT molecular complexity index is 2220. The summed E-state index contributed by atoms with van der Waals surface area (Å²) in [6.45, 7) is 9.57. The lowest BCUT2D eigenvalue weighted by molar-refractivity contribution is -0.134. The van der Waals surface area contributed by atoms with Crippen molar-refractivity contribution in [3.05, 3.63) is 63.8 Å². The smallest absolute Gasteiger partial charge is 0.328 e. The van der Waals surface area contributed by atoms with E-state index in [0.717, 1.165) is 40.7 Å². The Balaban J connectivity index is 1.10. The van der Waals surface area contributed by atoms with Crippen molar-refractivity contribution in [1.29, 1.82) is 0 Å². The standard InChI is InChI=1S/C36H43ClN10O4/c1-20-18-45(23-8-9-24-28(16-23)44(6)42-31(24)25-10-12-30(48)40-33(25)49)19-21(2)47(20)34-38-17-26(37)32(41-34)39-22-7-11-27-29(15-22)46(35(50)43(27)5)14-13-36(3,4)51/h7-9,11,15-17,20-21,25,51H,10,12-14,18-19H2,1-6H3,(H,38,39,41)(H,40,48,49)/t20-,21-,25?/m0/s1. The summed E-state index contributed by atoms with van der Waals surface area (Å²) in [6.07, 6.45) is 2.79. The van der Waals surface area contributed by atoms with Crippen LogP contribution in [0.15, 0.2) is 47.4 Å². The third-order valence-corrected chi connectivity index (χ3v) is 10.3. The van der Waals surface area contributed by atoms with Gasteiger partial charge in [0.15, 0.2) is 5.82 Å². The van der Waals surface area contributed by atoms with Crippen molar-refractivity contribution >= 4 is 68.5 Å². The summed E-state index contributed by atoms with van der Waals surface area (Å²) in [5.74, 6) is 0.0271. The zero-order chi connectivity index (χ0) is 36.4. The summed E-state index contributed by atoms with van der Waals surface area (Å²) in [6, 6.07) is 12.0. The first-order valence-corrected chi connectivity index (χ1v) is 17.6. The third kappa shape index (κ3) is 6.53. The summed E-state index contributed by atoms with van der Waals surface area (Å²) in [4.78, 5) is 51.4. The Morgan fingerprint density at radius 3 is 2.47 bits per heavy atom. The Hall–Kier alpha value is -4.95. The number of hydrogen-bond donors (Lipinski definition) is 3. The molecule has 0 aliphatic carbocycles. The minimum atomic E-state index is -0.904. The monoisotopic (exact) mass is 714 g/mol. The van der Waals surface area contributed by atoms with Crippen LogP contribution in [0.5, 0.6) is 0 Å². The van der Waals surface area contributed by atoms with Crippen LogP contribution >= 0.6 is 11.6 Å². The predicted octanol–water partition coefficient (Wildman–Crippen LogP) is 4.20. The van der Waals surface area contributed by atoms with Gasteiger partial charge < -0.3 is 20.2 Å². The molecule has 0 spiro atoms. The molecular formula is C36H43ClN10O4. The van der Waals surface area contributed by atoms with Crippen molar-refractivity contribution in [3.8, 4) is 0 Å². The molecule has 2 amide bonds. The molecule has 0 radical (unpaired) electrons. The van der Waals surface area contributed by atoms with Gasteiger partial charge in [0, 0.05) is 69.0 Å². The van der Waals surface area contributed by atoms with Crippen LogP contribution in [0.2, 0.25) is 5.02 Å². The number of aliphatic hydroxyl groups is 1. The lowest BCUT2D eigenvalue weighted by atomic mass is 9.92. The van der Waals surface area contributed by atoms with Crippen molar-refractivity contribution in [2.45, 2.75) is 77.1 Å². The van der Waals surface area contributed by atoms with Crippen LogP contribution in [-0.4, -0.2) is 76.6 Å². The van der Waals surface area contributed by atoms with Crippen LogP contribution in [0.3, 0.4) is 0 Å². The van der Waals surface area contributed by atoms with E-state index < -0.39 is 11.5 Å². The SMILES string of the molecule is C[C@H]1CN(c2ccc3c(C4CCC(=O)NC4=O)nn(C)c3c2)C[C@H](C)N1c1ncc(Cl)c(Nc2ccc3c(c2)n(CCC(C)(C)O)c(=O)n3C)n1. The van der Waals surface area contributed by atoms with Gasteiger partial charge >= 0.3 is 5.69 Å². The predicted molar refractivity (Wildman–Crippen MR) is 198 cm³/mol. The lowest BCUT2D eigenvalue weighted by Gasteiger charge is -2.45. The Morgan fingerprint density at radius 1 is 1.02 bits per heavy atom. The third-order valence-electron chi connectivity index (χ3n) is 10.0. The fourth-order valence-electron chi connectivity index (χ4n) is 7.41. The number of carbonyl (C=O) groups excluding carboxylic acids is 2. The number of anilines is 4. The maximum atomic E-state index is 13.0. The van der Waals surface area contributed by atoms with E-state index in [-0.39, 0.29) is 29.6 Å². The zero-order valence-electron chi connectivity index (χ0n) is 29.6. The van der Waals surface area contributed by atoms with Gasteiger partial charge in [-0.2, -0.15) is 10.1 Å². The van der Waals surface area contributed by atoms with E-state index >= 15 is 0 Å². The molecular weight excluding hydrogens is 672 g/mol. The summed E-state index contributed by atoms with van der Waals surface area (Å²) in [5, 5.41) is 22.1. The number of amides is 2. The number of nitrogens with one attached hydrogen (secondary N) is 2. The summed E-state index contributed by atoms with van der Waals surface area (Å²) in [5.41, 5.74) is 3.87. The number of piperazine rings is 1. The van der Waals surface area contributed by atoms with Crippen LogP contribution in [0, 0.1) is 0 Å². The van der Waals surface area contributed by atoms with Crippen molar-refractivity contribution < 1.29 is 14.7 Å². The number of aryl methyl sites for hydroxylation is 3. The zero-order valence-corrected chi connectivity index (χ0v) is 30.4. The number of halogens is 1. The maximum absolute atomic E-state index is 13.0. The molecule has 3 aromatic heterocycles. The van der Waals surface area contributed by atoms with Gasteiger partial charge in [-0.05, 0) is 76.9 Å². The van der Waals surface area contributed by atoms with Gasteiger partial charge in [-0.3, -0.25) is 28.7 Å². The molecule has 2 aliphatic heterocycles. The van der Waals surface area contributed by atoms with Crippen LogP contribution < -0.4 is 26.1 Å². The Labute approximate surface area is 300 Å². The van der Waals surface area contributed by atoms with Crippen LogP contribution in [0.25, 0.3) is 21.9 Å². The minimum absolute atomic E-state index is 0.0509. The number of benzene rings is 2. The largest absolute Gasteiger partial charge is 0.390 e. The first kappa shape index (κ1) is 34.5. The van der Waals surface area contributed by atoms with E-state index in [1.54, 1.807) is 36.2 Å². The fourth-order valence-corrected chi connectivity index (χ4v) is 7.54. The summed E-state index contributed by atoms with van der Waals surface area (Å²) >= 11 is 6.62. The fraction of sp³-hybridized carbons (Fsp3) is 0.444. The number of hydrogen-bond acceptors (Lipinski definition) is 10. The molecule has 7 rings (SSSR count). The molecule has 268 valence electrons. The number of piperidine rings is 1. The van der Waals surface area contributed by atoms with Gasteiger partial charge in [0.05, 0.1) is 40.0 Å². The normalized spacial score (nSPS) is 20.0. The van der Waals surface area contributed by atoms with Crippen molar-refractivity contribution in [3.63, 3.8) is 0 Å². The highest BCUT2D eigenvalue weighted by Gasteiger charge is 2.34. The van der Waals surface area contributed by atoms with Gasteiger partial charge in [0.1, 0.15) is 5.02 Å². The van der Waals surface area contributed by atoms with E-state index in [4.69, 9.17) is 21.7 Å². The van der Waals surface area contributed by atoms with E-state index in [9.17, 15) is 19.5 Å². The molecule has 2 aromatic carbocycles. The highest BCUT2D eigenvalue weighted by molar-refractivity contribution is 6.33. The van der Waals surface area contributed by atoms with Gasteiger partial charge in [-0.15, -0.1) is 0 Å². The topological polar surface area (TPSA) is 155 Å². The van der Waals surface area contributed by atoms with Gasteiger partial charge in [-0.1, -0.05) is 11.6 Å². The molecule has 51 heavy (non-hydrogen) atoms. The van der Waals surface area contributed by atoms with E-state index in [2.05, 4.69) is 51.4 Å². The summed E-state index contributed by atoms with van der Waals surface area (Å²) < 4.78 is 5.09. The number of nitrogens with zero attached hydrogens (tertiary/aromatic N) is 8. The molecule has 3 atom stereocenters.